The Kier molecular flexibility index (Phi) is 6.32. The summed E-state index contributed by atoms with van der Waals surface area (Å²) in [6.07, 6.45) is -3.49. The van der Waals surface area contributed by atoms with E-state index in [1.807, 2.05) is 0 Å². The molecule has 1 aromatic heterocycles. The summed E-state index contributed by atoms with van der Waals surface area (Å²) in [5, 5.41) is 10.4. The number of carbonyl (C=O) groups is 1. The molecule has 0 bridgehead atoms. The Bertz CT molecular complexity index is 914. The minimum absolute atomic E-state index is 0.145. The molecule has 6 nitrogen and oxygen atoms in total. The van der Waals surface area contributed by atoms with Gasteiger partial charge in [-0.25, -0.2) is 18.2 Å². The van der Waals surface area contributed by atoms with E-state index in [-0.39, 0.29) is 11.1 Å². The molecule has 0 unspecified atom stereocenters. The summed E-state index contributed by atoms with van der Waals surface area (Å²) in [4.78, 5) is 13.9. The second kappa shape index (κ2) is 8.13. The molecule has 1 amide bonds. The van der Waals surface area contributed by atoms with Crippen molar-refractivity contribution < 1.29 is 31.5 Å². The normalized spacial score (nSPS) is 14.1. The van der Waals surface area contributed by atoms with Crippen LogP contribution in [0.5, 0.6) is 0 Å². The summed E-state index contributed by atoms with van der Waals surface area (Å²) in [7, 11) is -3.04. The van der Waals surface area contributed by atoms with Crippen molar-refractivity contribution in [2.75, 3.05) is 5.32 Å². The minimum atomic E-state index is -4.50. The maximum absolute atomic E-state index is 12.1. The summed E-state index contributed by atoms with van der Waals surface area (Å²) in [5.41, 5.74) is -0.948. The number of benzene rings is 1. The summed E-state index contributed by atoms with van der Waals surface area (Å²) < 4.78 is 59.6. The Labute approximate surface area is 157 Å². The van der Waals surface area contributed by atoms with Crippen molar-refractivity contribution in [3.05, 3.63) is 53.2 Å². The Morgan fingerprint density at radius 1 is 1.19 bits per heavy atom. The summed E-state index contributed by atoms with van der Waals surface area (Å²) in [6, 6.07) is 7.72. The third-order valence-corrected chi connectivity index (χ3v) is 5.96. The number of hydrogen-bond donors (Lipinski definition) is 2. The first-order valence-electron chi connectivity index (χ1n) is 7.53. The van der Waals surface area contributed by atoms with Crippen LogP contribution < -0.4 is 5.32 Å². The van der Waals surface area contributed by atoms with Crippen LogP contribution in [0.2, 0.25) is 5.02 Å². The number of alkyl halides is 3. The van der Waals surface area contributed by atoms with E-state index in [1.165, 1.54) is 0 Å². The average molecular weight is 423 g/mol. The molecule has 1 saturated carbocycles. The fourth-order valence-corrected chi connectivity index (χ4v) is 3.76. The number of pyridine rings is 1. The smallest absolute Gasteiger partial charge is 0.416 e. The lowest BCUT2D eigenvalue weighted by Gasteiger charge is -2.07. The highest BCUT2D eigenvalue weighted by atomic mass is 35.5. The zero-order chi connectivity index (χ0) is 20.2. The molecule has 2 aromatic rings. The largest absolute Gasteiger partial charge is 0.465 e. The van der Waals surface area contributed by atoms with Crippen LogP contribution in [-0.2, 0) is 16.0 Å². The molecular formula is C16H14ClF3N2O4S. The van der Waals surface area contributed by atoms with Crippen molar-refractivity contribution in [1.29, 1.82) is 0 Å². The van der Waals surface area contributed by atoms with E-state index in [4.69, 9.17) is 16.7 Å². The zero-order valence-electron chi connectivity index (χ0n) is 13.6. The highest BCUT2D eigenvalue weighted by Gasteiger charge is 2.36. The van der Waals surface area contributed by atoms with Gasteiger partial charge < -0.3 is 5.11 Å². The first-order chi connectivity index (χ1) is 12.5. The van der Waals surface area contributed by atoms with Gasteiger partial charge in [-0.1, -0.05) is 11.6 Å². The highest BCUT2D eigenvalue weighted by Crippen LogP contribution is 2.33. The Morgan fingerprint density at radius 2 is 1.78 bits per heavy atom. The third-order valence-electron chi connectivity index (χ3n) is 3.43. The molecule has 1 fully saturated rings. The number of nitrogens with one attached hydrogen (secondary N) is 1. The number of nitrogens with zero attached hydrogens (tertiary/aromatic N) is 1. The number of aromatic nitrogens is 1. The van der Waals surface area contributed by atoms with Crippen LogP contribution in [0.4, 0.5) is 23.8 Å². The molecule has 1 aliphatic carbocycles. The molecular weight excluding hydrogens is 409 g/mol. The molecule has 27 heavy (non-hydrogen) atoms. The van der Waals surface area contributed by atoms with E-state index in [0.717, 1.165) is 25.1 Å². The molecule has 0 aliphatic heterocycles. The maximum Gasteiger partial charge on any atom is 0.416 e. The molecule has 11 heteroatoms. The number of carboxylic acid groups (broad SMARTS) is 1. The fraction of sp³-hybridized carbons (Fsp3) is 0.250. The monoisotopic (exact) mass is 422 g/mol. The zero-order valence-corrected chi connectivity index (χ0v) is 15.1. The Morgan fingerprint density at radius 3 is 2.26 bits per heavy atom. The predicted molar refractivity (Wildman–Crippen MR) is 92.5 cm³/mol. The fourth-order valence-electron chi connectivity index (χ4n) is 1.98. The van der Waals surface area contributed by atoms with Gasteiger partial charge in [-0.3, -0.25) is 5.32 Å². The van der Waals surface area contributed by atoms with Gasteiger partial charge >= 0.3 is 12.3 Å². The van der Waals surface area contributed by atoms with Crippen molar-refractivity contribution in [1.82, 2.24) is 4.98 Å². The van der Waals surface area contributed by atoms with E-state index in [9.17, 15) is 26.4 Å². The van der Waals surface area contributed by atoms with Gasteiger partial charge in [0, 0.05) is 11.2 Å². The van der Waals surface area contributed by atoms with Gasteiger partial charge in [0.05, 0.1) is 15.7 Å². The van der Waals surface area contributed by atoms with Crippen LogP contribution in [0.1, 0.15) is 18.4 Å². The van der Waals surface area contributed by atoms with Gasteiger partial charge in [0.2, 0.25) is 0 Å². The minimum Gasteiger partial charge on any atom is -0.465 e. The molecule has 0 atom stereocenters. The first kappa shape index (κ1) is 21.0. The Hall–Kier alpha value is -2.33. The molecule has 2 N–H and O–H groups in total. The van der Waals surface area contributed by atoms with Gasteiger partial charge in [-0.05, 0) is 49.2 Å². The van der Waals surface area contributed by atoms with Gasteiger partial charge in [-0.2, -0.15) is 13.2 Å². The van der Waals surface area contributed by atoms with Crippen molar-refractivity contribution in [3.63, 3.8) is 0 Å². The summed E-state index contributed by atoms with van der Waals surface area (Å²) >= 11 is 5.66. The number of hydrogen-bond acceptors (Lipinski definition) is 4. The molecule has 1 aliphatic rings. The molecule has 146 valence electrons. The molecule has 1 aromatic carbocycles. The van der Waals surface area contributed by atoms with E-state index in [2.05, 4.69) is 4.98 Å². The number of anilines is 1. The van der Waals surface area contributed by atoms with Crippen molar-refractivity contribution in [3.8, 4) is 0 Å². The van der Waals surface area contributed by atoms with Crippen LogP contribution in [0.15, 0.2) is 47.5 Å². The van der Waals surface area contributed by atoms with Gasteiger partial charge in [0.15, 0.2) is 9.84 Å². The number of halogens is 4. The molecule has 3 rings (SSSR count). The van der Waals surface area contributed by atoms with Gasteiger partial charge in [0.1, 0.15) is 5.82 Å². The van der Waals surface area contributed by atoms with Gasteiger partial charge in [0.25, 0.3) is 0 Å². The first-order valence-corrected chi connectivity index (χ1v) is 9.45. The van der Waals surface area contributed by atoms with Crippen molar-refractivity contribution in [2.24, 2.45) is 0 Å². The second-order valence-corrected chi connectivity index (χ2v) is 8.22. The van der Waals surface area contributed by atoms with E-state index in [1.54, 1.807) is 29.6 Å². The standard InChI is InChI=1S/C9H9ClO2S.C7H5F3N2O2/c10-7-1-3-8(4-2-7)13(11,12)9-5-6-9;8-7(9,10)4-1-2-11-5(3-4)12-6(13)14/h1-4,9H,5-6H2;1-3H,(H,11,12)(H,13,14). The number of amides is 1. The SMILES string of the molecule is O=C(O)Nc1cc(C(F)(F)F)ccn1.O=S(=O)(c1ccc(Cl)cc1)C1CC1. The van der Waals surface area contributed by atoms with E-state index in [0.29, 0.717) is 16.0 Å². The number of sulfone groups is 1. The van der Waals surface area contributed by atoms with Crippen LogP contribution in [0, 0.1) is 0 Å². The van der Waals surface area contributed by atoms with Gasteiger partial charge in [-0.15, -0.1) is 0 Å². The third kappa shape index (κ3) is 6.10. The van der Waals surface area contributed by atoms with Crippen LogP contribution >= 0.6 is 11.6 Å². The molecule has 1 heterocycles. The second-order valence-electron chi connectivity index (χ2n) is 5.56. The lowest BCUT2D eigenvalue weighted by Crippen LogP contribution is -2.11. The molecule has 0 spiro atoms. The molecule has 0 saturated heterocycles. The number of rotatable bonds is 3. The highest BCUT2D eigenvalue weighted by molar-refractivity contribution is 7.92. The summed E-state index contributed by atoms with van der Waals surface area (Å²) in [6.45, 7) is 0. The van der Waals surface area contributed by atoms with E-state index >= 15 is 0 Å². The predicted octanol–water partition coefficient (Wildman–Crippen LogP) is 4.47. The topological polar surface area (TPSA) is 96.4 Å². The lowest BCUT2D eigenvalue weighted by atomic mass is 10.2. The molecule has 0 radical (unpaired) electrons. The summed E-state index contributed by atoms with van der Waals surface area (Å²) in [5.74, 6) is -0.354. The van der Waals surface area contributed by atoms with Crippen molar-refractivity contribution in [2.45, 2.75) is 29.2 Å². The Balaban J connectivity index is 0.000000194. The van der Waals surface area contributed by atoms with Crippen molar-refractivity contribution >= 4 is 33.3 Å². The van der Waals surface area contributed by atoms with Crippen LogP contribution in [-0.4, -0.2) is 29.9 Å². The van der Waals surface area contributed by atoms with E-state index < -0.39 is 27.7 Å². The average Bonchev–Trinajstić information content (AvgIpc) is 3.40. The van der Waals surface area contributed by atoms with Crippen LogP contribution in [0.25, 0.3) is 0 Å². The quantitative estimate of drug-likeness (QED) is 0.760. The lowest BCUT2D eigenvalue weighted by molar-refractivity contribution is -0.137. The maximum atomic E-state index is 12.1. The van der Waals surface area contributed by atoms with Crippen LogP contribution in [0.3, 0.4) is 0 Å².